The van der Waals surface area contributed by atoms with Gasteiger partial charge in [-0.3, -0.25) is 9.59 Å². The van der Waals surface area contributed by atoms with Crippen LogP contribution in [0.25, 0.3) is 205 Å². The number of fused-ring (bicyclic) bond motifs is 4. The number of aliphatic hydroxyl groups excluding tert-OH is 1. The van der Waals surface area contributed by atoms with Crippen molar-refractivity contribution in [2.24, 2.45) is 11.8 Å². The van der Waals surface area contributed by atoms with E-state index < -0.39 is 0 Å². The third-order valence-electron chi connectivity index (χ3n) is 42.3. The number of allylic oxidation sites excluding steroid dienone is 12. The number of benzene rings is 20. The molecule has 0 amide bonds. The summed E-state index contributed by atoms with van der Waals surface area (Å²) in [5.41, 5.74) is 47.0. The molecular weight excluding hydrogens is 1510 g/mol. The lowest BCUT2D eigenvalue weighted by Crippen LogP contribution is -2.40. The van der Waals surface area contributed by atoms with Gasteiger partial charge in [-0.1, -0.05) is 158 Å². The normalized spacial score (nSPS) is 30.5. The number of Topliss-reactive ketones (excluding diaryl/α,β-unsaturated/α-hetero) is 1. The van der Waals surface area contributed by atoms with E-state index in [2.05, 4.69) is 158 Å². The van der Waals surface area contributed by atoms with E-state index in [1.165, 1.54) is 33.0 Å². The van der Waals surface area contributed by atoms with E-state index in [4.69, 9.17) is 4.74 Å². The Bertz CT molecular complexity index is 9690. The summed E-state index contributed by atoms with van der Waals surface area (Å²) in [5, 5.41) is 67.6. The Morgan fingerprint density at radius 2 is 0.710 bits per heavy atom. The molecular formula is C120H60O4. The standard InChI is InChI=1S/2C60H30O2/c1-62-32(61)8-5-13-58(25-6-3-2-4-7-25)59-54-29-12-11-27-26-9-10-28-30-18-23-16-20-14-22-15-21-17-24-19-31(29)55(59)49-36(24)34(21)43-37(22)42-33(20)35(23)44-40(30)45-38(28)39(26)50(41(27)54)56-51(45)53-48(44)46(42)47(43)52(49)57(53)60(56,58)59;61-19-26(62)7-4-12-58(25-5-2-1-3-6-25)59-54-30-11-10-28-27-8-9-29-31-17-23-15-20-13-22-14-21-16-24-18-32(30)55(59)49-36(24)34(21)43-37(22)42-33(20)35(23)44-40(31)45-38(29)39(27)50(41(28)54)56-51(45)53-48(44)46(42)47(43)52(49)57(53)60(56,58)59/h2-4,6-7,9-12,14-15,18-19,28-29,41,54H,5,8,13,16-17H2,1H3;1-3,5-6,8-11,13-14,17-18,29-30,41,54,61H,4,7,12,15-16,19H2. The molecule has 0 aromatic heterocycles. The van der Waals surface area contributed by atoms with Crippen LogP contribution in [-0.2, 0) is 72.5 Å². The topological polar surface area (TPSA) is 63.6 Å². The Kier molecular flexibility index (Phi) is 7.28. The van der Waals surface area contributed by atoms with Crippen LogP contribution < -0.4 is 0 Å². The van der Waals surface area contributed by atoms with Crippen molar-refractivity contribution in [3.63, 3.8) is 0 Å². The fourth-order valence-electron chi connectivity index (χ4n) is 41.3. The Hall–Kier alpha value is -12.9. The van der Waals surface area contributed by atoms with Gasteiger partial charge in [0, 0.05) is 80.8 Å². The summed E-state index contributed by atoms with van der Waals surface area (Å²) in [6.07, 6.45) is 29.6. The average molecular weight is 1570 g/mol. The van der Waals surface area contributed by atoms with Gasteiger partial charge < -0.3 is 9.84 Å². The lowest BCUT2D eigenvalue weighted by atomic mass is 9.57. The molecule has 14 atom stereocenters. The van der Waals surface area contributed by atoms with Gasteiger partial charge in [-0.2, -0.15) is 0 Å². The maximum Gasteiger partial charge on any atom is 0.305 e. The predicted octanol–water partition coefficient (Wildman–Crippen LogP) is 25.3. The van der Waals surface area contributed by atoms with Crippen molar-refractivity contribution in [1.82, 2.24) is 0 Å². The van der Waals surface area contributed by atoms with E-state index in [9.17, 15) is 14.7 Å². The van der Waals surface area contributed by atoms with Gasteiger partial charge >= 0.3 is 5.97 Å². The van der Waals surface area contributed by atoms with Crippen molar-refractivity contribution in [3.8, 4) is 0 Å². The molecule has 22 aromatic rings. The number of carbonyl (C=O) groups excluding carboxylic acids is 2. The summed E-state index contributed by atoms with van der Waals surface area (Å²) < 4.78 is 5.43. The molecule has 4 spiro atoms. The van der Waals surface area contributed by atoms with Crippen LogP contribution in [0.4, 0.5) is 0 Å². The van der Waals surface area contributed by atoms with Gasteiger partial charge in [-0.25, -0.2) is 0 Å². The number of ketones is 1. The molecule has 4 nitrogen and oxygen atoms in total. The molecule has 2 saturated carbocycles. The van der Waals surface area contributed by atoms with Gasteiger partial charge in [-0.15, -0.1) is 0 Å². The first-order valence-corrected chi connectivity index (χ1v) is 47.0. The Morgan fingerprint density at radius 1 is 0.355 bits per heavy atom. The number of hydrogen-bond donors (Lipinski definition) is 1. The molecule has 124 heavy (non-hydrogen) atoms. The highest BCUT2D eigenvalue weighted by Gasteiger charge is 2.99. The van der Waals surface area contributed by atoms with Crippen LogP contribution in [0, 0.1) is 11.8 Å². The lowest BCUT2D eigenvalue weighted by Gasteiger charge is -2.44. The van der Waals surface area contributed by atoms with Gasteiger partial charge in [0.05, 0.1) is 7.11 Å². The van der Waals surface area contributed by atoms with E-state index >= 15 is 0 Å². The number of hydrogen-bond acceptors (Lipinski definition) is 4. The fourth-order valence-corrected chi connectivity index (χ4v) is 41.3. The molecule has 22 aliphatic rings. The second-order valence-electron chi connectivity index (χ2n) is 44.0. The highest BCUT2D eigenvalue weighted by Crippen LogP contribution is 3.01. The van der Waals surface area contributed by atoms with Crippen LogP contribution >= 0.6 is 0 Å². The zero-order chi connectivity index (χ0) is 77.7. The number of rotatable bonds is 11. The first-order valence-electron chi connectivity index (χ1n) is 47.0. The molecule has 564 valence electrons. The Balaban J connectivity index is 0.000000101. The molecule has 4 heteroatoms. The highest BCUT2D eigenvalue weighted by molar-refractivity contribution is 6.62. The molecule has 22 aliphatic carbocycles. The smallest absolute Gasteiger partial charge is 0.305 e. The van der Waals surface area contributed by atoms with Crippen LogP contribution in [0.3, 0.4) is 0 Å². The van der Waals surface area contributed by atoms with Crippen LogP contribution in [0.15, 0.2) is 169 Å². The molecule has 1 N–H and O–H groups in total. The van der Waals surface area contributed by atoms with E-state index in [-0.39, 0.29) is 56.8 Å². The summed E-state index contributed by atoms with van der Waals surface area (Å²) in [5.74, 6) is 2.65. The number of carbonyl (C=O) groups is 2. The average Bonchev–Trinajstić information content (AvgIpc) is 1.37. The van der Waals surface area contributed by atoms with Crippen molar-refractivity contribution in [3.05, 3.63) is 314 Å². The molecule has 0 radical (unpaired) electrons. The van der Waals surface area contributed by atoms with E-state index in [1.807, 2.05) is 0 Å². The first kappa shape index (κ1) is 57.5. The summed E-state index contributed by atoms with van der Waals surface area (Å²) in [7, 11) is 1.57. The fraction of sp³-hybridized carbons (Fsp3) is 0.217. The lowest BCUT2D eigenvalue weighted by molar-refractivity contribution is -0.140. The number of aliphatic hydroxyl groups is 1. The highest BCUT2D eigenvalue weighted by atomic mass is 16.5. The van der Waals surface area contributed by atoms with Crippen molar-refractivity contribution in [2.75, 3.05) is 13.7 Å². The molecule has 0 heterocycles. The van der Waals surface area contributed by atoms with Crippen LogP contribution in [0.5, 0.6) is 0 Å². The van der Waals surface area contributed by atoms with Crippen molar-refractivity contribution in [2.45, 2.75) is 132 Å². The number of ether oxygens (including phenoxy) is 1. The minimum absolute atomic E-state index is 0.0251. The summed E-state index contributed by atoms with van der Waals surface area (Å²) >= 11 is 0. The molecule has 0 aliphatic heterocycles. The molecule has 22 aromatic carbocycles. The monoisotopic (exact) mass is 1560 g/mol. The SMILES string of the molecule is COC(=O)CCCC1(c2ccccc2)C23c4c5c6c7c8c4c4c2c2c9c%10c%11cc%12c9c9c(cc%13cc%14c%15c%16c(cc(c8c%16c4c4c%15c%13c9c24)C7C=CC6=C2C=CC%11C(C25)C%1013)C%14)C%12.O=C(CO)CCCC1(c2ccccc2)C23c4c5c6c7c8c4c4c2c2c9c%10c%11cc%12c9c9c(cc%13cc%14c%15c%16c(cc(c8c%16c4c4c%15c%13c9c24)C7C=CC6=C2C=CC%11C(C25)C%1013)C%14)C%12. The summed E-state index contributed by atoms with van der Waals surface area (Å²) in [4.78, 5) is 26.6. The zero-order valence-electron chi connectivity index (χ0n) is 67.1. The third kappa shape index (κ3) is 4.20. The van der Waals surface area contributed by atoms with E-state index in [1.54, 1.807) is 335 Å². The van der Waals surface area contributed by atoms with Crippen LogP contribution in [0.1, 0.15) is 219 Å². The van der Waals surface area contributed by atoms with Gasteiger partial charge in [0.1, 0.15) is 6.61 Å². The summed E-state index contributed by atoms with van der Waals surface area (Å²) in [6.45, 7) is -0.369. The molecule has 14 unspecified atom stereocenters. The Labute approximate surface area is 702 Å². The largest absolute Gasteiger partial charge is 0.469 e. The molecule has 0 saturated heterocycles. The second-order valence-corrected chi connectivity index (χ2v) is 44.0. The van der Waals surface area contributed by atoms with Crippen molar-refractivity contribution < 1.29 is 19.4 Å². The van der Waals surface area contributed by atoms with Crippen LogP contribution in [-0.4, -0.2) is 30.6 Å². The van der Waals surface area contributed by atoms with Gasteiger partial charge in [0.15, 0.2) is 5.78 Å². The van der Waals surface area contributed by atoms with Gasteiger partial charge in [-0.05, 0) is 424 Å². The minimum atomic E-state index is -0.369. The van der Waals surface area contributed by atoms with Crippen molar-refractivity contribution >= 4 is 217 Å². The Morgan fingerprint density at radius 3 is 1.12 bits per heavy atom. The maximum absolute atomic E-state index is 13.3. The quantitative estimate of drug-likeness (QED) is 0.0796. The summed E-state index contributed by atoms with van der Waals surface area (Å²) in [6, 6.07) is 45.4. The number of esters is 1. The second kappa shape index (κ2) is 15.7. The predicted molar refractivity (Wildman–Crippen MR) is 494 cm³/mol. The molecule has 44 rings (SSSR count). The van der Waals surface area contributed by atoms with Crippen LogP contribution in [0.2, 0.25) is 0 Å². The molecule has 0 bridgehead atoms. The maximum atomic E-state index is 13.3. The number of methoxy groups -OCH3 is 1. The minimum Gasteiger partial charge on any atom is -0.469 e. The zero-order valence-corrected chi connectivity index (χ0v) is 67.1. The van der Waals surface area contributed by atoms with Crippen molar-refractivity contribution in [1.29, 1.82) is 0 Å². The molecule has 2 fully saturated rings. The van der Waals surface area contributed by atoms with E-state index in [0.717, 1.165) is 51.4 Å². The van der Waals surface area contributed by atoms with Gasteiger partial charge in [0.2, 0.25) is 0 Å². The van der Waals surface area contributed by atoms with E-state index in [0.29, 0.717) is 54.3 Å². The van der Waals surface area contributed by atoms with Gasteiger partial charge in [0.25, 0.3) is 0 Å². The first-order chi connectivity index (χ1) is 61.3. The third-order valence-corrected chi connectivity index (χ3v) is 42.3.